The van der Waals surface area contributed by atoms with Gasteiger partial charge in [-0.15, -0.1) is 11.3 Å². The van der Waals surface area contributed by atoms with Crippen LogP contribution in [0.25, 0.3) is 11.3 Å². The summed E-state index contributed by atoms with van der Waals surface area (Å²) in [6.07, 6.45) is 11.9. The van der Waals surface area contributed by atoms with Gasteiger partial charge in [-0.1, -0.05) is 52.7 Å². The number of aliphatic hydroxyl groups excluding tert-OH is 1. The Hall–Kier alpha value is -1.23. The summed E-state index contributed by atoms with van der Waals surface area (Å²) in [7, 11) is 0. The molecule has 3 unspecified atom stereocenters. The summed E-state index contributed by atoms with van der Waals surface area (Å²) >= 11 is 1.85. The van der Waals surface area contributed by atoms with Gasteiger partial charge in [0.1, 0.15) is 0 Å². The Morgan fingerprint density at radius 1 is 0.941 bits per heavy atom. The molecule has 2 aliphatic carbocycles. The predicted octanol–water partition coefficient (Wildman–Crippen LogP) is 7.11. The van der Waals surface area contributed by atoms with E-state index in [0.717, 1.165) is 31.6 Å². The Kier molecular flexibility index (Phi) is 6.96. The van der Waals surface area contributed by atoms with E-state index in [1.54, 1.807) is 0 Å². The molecular weight excluding hydrogens is 436 g/mol. The highest BCUT2D eigenvalue weighted by Crippen LogP contribution is 2.46. The molecule has 3 aliphatic rings. The van der Waals surface area contributed by atoms with E-state index < -0.39 is 0 Å². The van der Waals surface area contributed by atoms with Crippen LogP contribution in [0.15, 0.2) is 23.6 Å². The van der Waals surface area contributed by atoms with Gasteiger partial charge in [-0.05, 0) is 92.0 Å². The first-order valence-electron chi connectivity index (χ1n) is 13.7. The Morgan fingerprint density at radius 3 is 2.50 bits per heavy atom. The lowest BCUT2D eigenvalue weighted by molar-refractivity contribution is 0.0209. The zero-order valence-electron chi connectivity index (χ0n) is 21.8. The van der Waals surface area contributed by atoms with Gasteiger partial charge in [0, 0.05) is 23.4 Å². The zero-order chi connectivity index (χ0) is 23.9. The number of hydrogen-bond acceptors (Lipinski definition) is 4. The quantitative estimate of drug-likeness (QED) is 0.507. The van der Waals surface area contributed by atoms with Crippen LogP contribution in [0.3, 0.4) is 0 Å². The van der Waals surface area contributed by atoms with Crippen molar-refractivity contribution in [3.05, 3.63) is 39.7 Å². The maximum Gasteiger partial charge on any atom is 0.0935 e. The first-order chi connectivity index (χ1) is 16.2. The van der Waals surface area contributed by atoms with Crippen LogP contribution in [0.4, 0.5) is 0 Å². The Bertz CT molecular complexity index is 993. The lowest BCUT2D eigenvalue weighted by Crippen LogP contribution is -2.45. The molecule has 1 aromatic carbocycles. The number of benzene rings is 1. The molecule has 2 heterocycles. The van der Waals surface area contributed by atoms with Crippen LogP contribution in [0.1, 0.15) is 102 Å². The van der Waals surface area contributed by atoms with E-state index in [4.69, 9.17) is 4.98 Å². The minimum atomic E-state index is -0.112. The van der Waals surface area contributed by atoms with Crippen molar-refractivity contribution in [1.82, 2.24) is 9.88 Å². The largest absolute Gasteiger partial charge is 0.391 e. The third-order valence-electron chi connectivity index (χ3n) is 9.21. The molecule has 1 aromatic heterocycles. The van der Waals surface area contributed by atoms with E-state index in [2.05, 4.69) is 56.2 Å². The highest BCUT2D eigenvalue weighted by molar-refractivity contribution is 7.09. The van der Waals surface area contributed by atoms with E-state index >= 15 is 0 Å². The molecule has 34 heavy (non-hydrogen) atoms. The van der Waals surface area contributed by atoms with Crippen LogP contribution >= 0.6 is 11.3 Å². The summed E-state index contributed by atoms with van der Waals surface area (Å²) in [5, 5.41) is 14.1. The van der Waals surface area contributed by atoms with E-state index in [1.165, 1.54) is 73.1 Å². The van der Waals surface area contributed by atoms with E-state index in [1.807, 2.05) is 11.3 Å². The molecule has 0 radical (unpaired) electrons. The molecule has 186 valence electrons. The maximum atomic E-state index is 10.5. The summed E-state index contributed by atoms with van der Waals surface area (Å²) in [5.74, 6) is 0.716. The number of rotatable bonds is 4. The number of thiazole rings is 1. The van der Waals surface area contributed by atoms with Gasteiger partial charge in [-0.25, -0.2) is 4.98 Å². The van der Waals surface area contributed by atoms with Gasteiger partial charge in [0.25, 0.3) is 0 Å². The van der Waals surface area contributed by atoms with Crippen LogP contribution in [0, 0.1) is 5.92 Å². The number of likely N-dealkylation sites (tertiary alicyclic amines) is 1. The van der Waals surface area contributed by atoms with Crippen molar-refractivity contribution < 1.29 is 5.11 Å². The van der Waals surface area contributed by atoms with Crippen molar-refractivity contribution in [2.75, 3.05) is 13.1 Å². The number of nitrogens with zero attached hydrogens (tertiary/aromatic N) is 2. The van der Waals surface area contributed by atoms with Crippen molar-refractivity contribution in [2.45, 2.75) is 115 Å². The predicted molar refractivity (Wildman–Crippen MR) is 144 cm³/mol. The lowest BCUT2D eigenvalue weighted by atomic mass is 9.63. The van der Waals surface area contributed by atoms with Crippen LogP contribution in [0.5, 0.6) is 0 Å². The molecule has 3 nitrogen and oxygen atoms in total. The van der Waals surface area contributed by atoms with Gasteiger partial charge >= 0.3 is 0 Å². The minimum Gasteiger partial charge on any atom is -0.391 e. The first kappa shape index (κ1) is 24.5. The highest BCUT2D eigenvalue weighted by Gasteiger charge is 2.37. The van der Waals surface area contributed by atoms with Gasteiger partial charge in [-0.2, -0.15) is 0 Å². The average Bonchev–Trinajstić information content (AvgIpc) is 3.15. The zero-order valence-corrected chi connectivity index (χ0v) is 22.6. The van der Waals surface area contributed by atoms with Crippen molar-refractivity contribution in [3.8, 4) is 11.3 Å². The lowest BCUT2D eigenvalue weighted by Gasteiger charge is -2.42. The van der Waals surface area contributed by atoms with Gasteiger partial charge in [-0.3, -0.25) is 4.90 Å². The fourth-order valence-electron chi connectivity index (χ4n) is 6.77. The SMILES string of the molecule is CC1(C)CCC(C)(C)c2cc(-c3csc(CC4CCCN(C5CCCCC5O)CC4)n3)ccc21. The second-order valence-corrected chi connectivity index (χ2v) is 13.6. The van der Waals surface area contributed by atoms with E-state index in [0.29, 0.717) is 12.0 Å². The number of fused-ring (bicyclic) bond motifs is 1. The maximum absolute atomic E-state index is 10.5. The fourth-order valence-corrected chi connectivity index (χ4v) is 7.69. The third kappa shape index (κ3) is 5.01. The molecule has 1 aliphatic heterocycles. The normalized spacial score (nSPS) is 29.4. The number of hydrogen-bond donors (Lipinski definition) is 1. The number of aliphatic hydroxyl groups is 1. The van der Waals surface area contributed by atoms with E-state index in [-0.39, 0.29) is 16.9 Å². The number of aromatic nitrogens is 1. The average molecular weight is 481 g/mol. The van der Waals surface area contributed by atoms with Crippen LogP contribution in [-0.2, 0) is 17.3 Å². The molecule has 5 rings (SSSR count). The summed E-state index contributed by atoms with van der Waals surface area (Å²) in [5.41, 5.74) is 5.97. The smallest absolute Gasteiger partial charge is 0.0935 e. The summed E-state index contributed by atoms with van der Waals surface area (Å²) < 4.78 is 0. The van der Waals surface area contributed by atoms with Gasteiger partial charge in [0.2, 0.25) is 0 Å². The summed E-state index contributed by atoms with van der Waals surface area (Å²) in [6, 6.07) is 7.52. The minimum absolute atomic E-state index is 0.112. The molecule has 1 N–H and O–H groups in total. The topological polar surface area (TPSA) is 36.4 Å². The highest BCUT2D eigenvalue weighted by atomic mass is 32.1. The molecule has 0 spiro atoms. The van der Waals surface area contributed by atoms with Crippen molar-refractivity contribution >= 4 is 11.3 Å². The van der Waals surface area contributed by atoms with E-state index in [9.17, 15) is 5.11 Å². The molecule has 1 saturated heterocycles. The van der Waals surface area contributed by atoms with Gasteiger partial charge in [0.15, 0.2) is 0 Å². The third-order valence-corrected chi connectivity index (χ3v) is 10.1. The van der Waals surface area contributed by atoms with Gasteiger partial charge in [0.05, 0.1) is 16.8 Å². The molecular formula is C30H44N2OS. The standard InChI is InChI=1S/C30H44N2OS/c1-29(2)14-15-30(3,4)24-19-22(11-12-23(24)29)25-20-34-28(31-25)18-21-8-7-16-32(17-13-21)26-9-5-6-10-27(26)33/h11-12,19-21,26-27,33H,5-10,13-18H2,1-4H3. The van der Waals surface area contributed by atoms with Crippen LogP contribution < -0.4 is 0 Å². The van der Waals surface area contributed by atoms with Crippen molar-refractivity contribution in [1.29, 1.82) is 0 Å². The summed E-state index contributed by atoms with van der Waals surface area (Å²) in [4.78, 5) is 7.73. The molecule has 4 heteroatoms. The first-order valence-corrected chi connectivity index (χ1v) is 14.6. The Morgan fingerprint density at radius 2 is 1.71 bits per heavy atom. The van der Waals surface area contributed by atoms with Crippen molar-refractivity contribution in [3.63, 3.8) is 0 Å². The monoisotopic (exact) mass is 480 g/mol. The Balaban J connectivity index is 1.26. The second kappa shape index (κ2) is 9.67. The Labute approximate surface area is 211 Å². The molecule has 2 aromatic rings. The van der Waals surface area contributed by atoms with Gasteiger partial charge < -0.3 is 5.11 Å². The summed E-state index contributed by atoms with van der Waals surface area (Å²) in [6.45, 7) is 11.9. The molecule has 0 amide bonds. The molecule has 2 fully saturated rings. The van der Waals surface area contributed by atoms with Crippen LogP contribution in [-0.4, -0.2) is 40.2 Å². The fraction of sp³-hybridized carbons (Fsp3) is 0.700. The molecule has 1 saturated carbocycles. The van der Waals surface area contributed by atoms with Crippen molar-refractivity contribution in [2.24, 2.45) is 5.92 Å². The molecule has 3 atom stereocenters. The molecule has 0 bridgehead atoms. The van der Waals surface area contributed by atoms with Crippen LogP contribution in [0.2, 0.25) is 0 Å². The second-order valence-electron chi connectivity index (χ2n) is 12.6.